The molecule has 11 aromatic carbocycles. The Bertz CT molecular complexity index is 5530. The van der Waals surface area contributed by atoms with E-state index in [1.165, 1.54) is 121 Å². The smallest absolute Gasteiger partial charge is 0.255 e. The van der Waals surface area contributed by atoms with Gasteiger partial charge in [0, 0.05) is 142 Å². The van der Waals surface area contributed by atoms with E-state index in [1.54, 1.807) is 74.5 Å². The molecule has 11 aromatic rings. The van der Waals surface area contributed by atoms with Crippen molar-refractivity contribution in [3.05, 3.63) is 311 Å². The number of carbonyl (C=O) groups excluding carboxylic acids is 10. The first-order valence-corrected chi connectivity index (χ1v) is 34.5. The third-order valence-corrected chi connectivity index (χ3v) is 17.2. The van der Waals surface area contributed by atoms with Crippen LogP contribution in [0.4, 0.5) is 73.9 Å². The Morgan fingerprint density at radius 3 is 0.725 bits per heavy atom. The Morgan fingerprint density at radius 1 is 0.193 bits per heavy atom. The summed E-state index contributed by atoms with van der Waals surface area (Å²) in [6.45, 7) is 14.8. The molecule has 0 radical (unpaired) electrons. The van der Waals surface area contributed by atoms with E-state index in [0.717, 1.165) is 38.9 Å². The van der Waals surface area contributed by atoms with Gasteiger partial charge in [0.2, 0.25) is 0 Å². The van der Waals surface area contributed by atoms with Gasteiger partial charge in [0.15, 0.2) is 11.6 Å². The van der Waals surface area contributed by atoms with Gasteiger partial charge in [0.1, 0.15) is 0 Å². The van der Waals surface area contributed by atoms with Crippen molar-refractivity contribution in [3.63, 3.8) is 0 Å². The first kappa shape index (κ1) is 75.7. The number of Topliss-reactive ketones (excluding diaryl/α,β-unsaturated/α-hetero) is 2. The summed E-state index contributed by atoms with van der Waals surface area (Å²) in [5.41, 5.74) is 41.4. The van der Waals surface area contributed by atoms with E-state index in [9.17, 15) is 38.4 Å². The molecule has 23 heteroatoms. The van der Waals surface area contributed by atoms with Crippen LogP contribution < -0.4 is 71.2 Å². The standard InChI is InChI=1S/C86H79N13O10/c1-44-9-45(2)14-56(13-44)79(102)93-70-21-51(8)17-58(35-70)81(104)98-75-33-55(78(101)27-53-23-59(82(105)92-69-19-48(5)11-49(6)20-69)36-72(25-53)95-86(109)63-32-68(91)42-74(39-63)97-84(107)61-29-65(88)40-66(89)30-61)34-76(43-75)99-83(106)60-22-52(26-77(100)54-12-50(7)18-64(87)28-54)24-71(37-60)94-85(108)62-31-67(90)41-73(38-62)96-80(103)57-15-46(3)10-47(4)16-57/h9-25,28-43H,26-27,87-91H2,1-8H3,(H,92,105)(H,93,102)(H,94,108)(H,95,109)(H,96,103)(H,97,107)(H,98,104)(H,99,106). The van der Waals surface area contributed by atoms with E-state index in [-0.39, 0.29) is 119 Å². The van der Waals surface area contributed by atoms with Crippen LogP contribution in [-0.2, 0) is 12.8 Å². The van der Waals surface area contributed by atoms with Crippen LogP contribution in [0.2, 0.25) is 0 Å². The van der Waals surface area contributed by atoms with Crippen LogP contribution in [0.5, 0.6) is 0 Å². The fraction of sp³-hybridized carbons (Fsp3) is 0.116. The molecular formula is C86H79N13O10. The molecular weight excluding hydrogens is 1380 g/mol. The van der Waals surface area contributed by atoms with Gasteiger partial charge < -0.3 is 71.2 Å². The molecule has 0 saturated heterocycles. The van der Waals surface area contributed by atoms with Crippen molar-refractivity contribution >= 4 is 133 Å². The van der Waals surface area contributed by atoms with Crippen molar-refractivity contribution in [1.29, 1.82) is 0 Å². The quantitative estimate of drug-likeness (QED) is 0.0221. The van der Waals surface area contributed by atoms with Crippen LogP contribution in [-0.4, -0.2) is 58.8 Å². The molecule has 0 atom stereocenters. The third kappa shape index (κ3) is 20.1. The molecule has 0 spiro atoms. The maximum atomic E-state index is 15.2. The monoisotopic (exact) mass is 1450 g/mol. The lowest BCUT2D eigenvalue weighted by Gasteiger charge is -2.15. The van der Waals surface area contributed by atoms with Crippen LogP contribution >= 0.6 is 0 Å². The van der Waals surface area contributed by atoms with Gasteiger partial charge in [-0.05, 0) is 271 Å². The van der Waals surface area contributed by atoms with Gasteiger partial charge >= 0.3 is 0 Å². The van der Waals surface area contributed by atoms with E-state index < -0.39 is 59.5 Å². The topological polar surface area (TPSA) is 397 Å². The summed E-state index contributed by atoms with van der Waals surface area (Å²) < 4.78 is 0. The van der Waals surface area contributed by atoms with Crippen molar-refractivity contribution < 1.29 is 47.9 Å². The largest absolute Gasteiger partial charge is 0.399 e. The summed E-state index contributed by atoms with van der Waals surface area (Å²) in [5, 5.41) is 22.7. The number of anilines is 13. The number of nitrogens with two attached hydrogens (primary N) is 5. The number of carbonyl (C=O) groups is 10. The highest BCUT2D eigenvalue weighted by atomic mass is 16.2. The zero-order valence-electron chi connectivity index (χ0n) is 60.9. The molecule has 0 bridgehead atoms. The zero-order chi connectivity index (χ0) is 78.2. The first-order chi connectivity index (χ1) is 51.7. The number of rotatable bonds is 22. The number of benzene rings is 11. The van der Waals surface area contributed by atoms with Gasteiger partial charge in [0.05, 0.1) is 0 Å². The van der Waals surface area contributed by atoms with Gasteiger partial charge in [-0.15, -0.1) is 0 Å². The third-order valence-electron chi connectivity index (χ3n) is 17.2. The van der Waals surface area contributed by atoms with E-state index in [0.29, 0.717) is 39.3 Å². The van der Waals surface area contributed by atoms with Crippen LogP contribution in [0.15, 0.2) is 200 Å². The van der Waals surface area contributed by atoms with Crippen LogP contribution in [0.1, 0.15) is 159 Å². The van der Waals surface area contributed by atoms with Crippen molar-refractivity contribution in [3.8, 4) is 0 Å². The summed E-state index contributed by atoms with van der Waals surface area (Å²) in [5.74, 6) is -5.93. The number of nitrogen functional groups attached to an aromatic ring is 5. The van der Waals surface area contributed by atoms with Gasteiger partial charge in [-0.3, -0.25) is 47.9 Å². The first-order valence-electron chi connectivity index (χ1n) is 34.5. The Hall–Kier alpha value is -14.5. The lowest BCUT2D eigenvalue weighted by molar-refractivity contribution is 0.0984. The lowest BCUT2D eigenvalue weighted by Crippen LogP contribution is -2.18. The fourth-order valence-electron chi connectivity index (χ4n) is 12.9. The van der Waals surface area contributed by atoms with Gasteiger partial charge in [-0.2, -0.15) is 0 Å². The Kier molecular flexibility index (Phi) is 22.4. The second kappa shape index (κ2) is 32.3. The summed E-state index contributed by atoms with van der Waals surface area (Å²) in [6.07, 6.45) is -0.735. The molecule has 11 rings (SSSR count). The minimum atomic E-state index is -0.807. The predicted octanol–water partition coefficient (Wildman–Crippen LogP) is 14.9. The Labute approximate surface area is 628 Å². The molecule has 0 heterocycles. The highest BCUT2D eigenvalue weighted by Gasteiger charge is 2.23. The molecule has 0 unspecified atom stereocenters. The number of hydrogen-bond acceptors (Lipinski definition) is 15. The number of nitrogens with one attached hydrogen (secondary N) is 8. The molecule has 23 nitrogen and oxygen atoms in total. The van der Waals surface area contributed by atoms with Gasteiger partial charge in [-0.25, -0.2) is 0 Å². The molecule has 0 aliphatic heterocycles. The normalized spacial score (nSPS) is 10.8. The number of aryl methyl sites for hydroxylation is 8. The van der Waals surface area contributed by atoms with Crippen LogP contribution in [0, 0.1) is 55.4 Å². The Balaban J connectivity index is 0.942. The number of amides is 8. The summed E-state index contributed by atoms with van der Waals surface area (Å²) in [4.78, 5) is 143. The molecule has 0 fully saturated rings. The molecule has 8 amide bonds. The summed E-state index contributed by atoms with van der Waals surface area (Å²) >= 11 is 0. The SMILES string of the molecule is Cc1cc(C)cc(NC(=O)c2cc(CC(=O)c3cc(NC(=O)c4cc(C)cc(NC(=O)c5cc(C)cc(C)c5)c4)cc(NC(=O)c4cc(CC(=O)c5cc(C)cc(N)c5)cc(NC(=O)c5cc(N)cc(NC(=O)c6cc(C)cc(C)c6)c5)c4)c3)cc(NC(=O)c3cc(N)cc(NC(=O)c4cc(N)cc(N)c4)c3)c2)c1. The average molecular weight is 1450 g/mol. The van der Waals surface area contributed by atoms with E-state index in [2.05, 4.69) is 42.5 Å². The Morgan fingerprint density at radius 2 is 0.385 bits per heavy atom. The average Bonchev–Trinajstić information content (AvgIpc) is 0.821. The van der Waals surface area contributed by atoms with E-state index in [1.807, 2.05) is 59.7 Å². The van der Waals surface area contributed by atoms with Crippen molar-refractivity contribution in [2.75, 3.05) is 71.2 Å². The minimum absolute atomic E-state index is 0.000637. The summed E-state index contributed by atoms with van der Waals surface area (Å²) in [7, 11) is 0. The van der Waals surface area contributed by atoms with Crippen molar-refractivity contribution in [1.82, 2.24) is 0 Å². The maximum Gasteiger partial charge on any atom is 0.255 e. The maximum absolute atomic E-state index is 15.2. The van der Waals surface area contributed by atoms with Gasteiger partial charge in [0.25, 0.3) is 47.3 Å². The van der Waals surface area contributed by atoms with Crippen LogP contribution in [0.25, 0.3) is 0 Å². The second-order valence-corrected chi connectivity index (χ2v) is 27.4. The molecule has 0 aromatic heterocycles. The number of ketones is 2. The molecule has 0 aliphatic rings. The number of hydrogen-bond donors (Lipinski definition) is 13. The fourth-order valence-corrected chi connectivity index (χ4v) is 12.9. The molecule has 109 heavy (non-hydrogen) atoms. The van der Waals surface area contributed by atoms with Crippen molar-refractivity contribution in [2.24, 2.45) is 0 Å². The highest BCUT2D eigenvalue weighted by molar-refractivity contribution is 6.14. The molecule has 548 valence electrons. The van der Waals surface area contributed by atoms with Crippen molar-refractivity contribution in [2.45, 2.75) is 68.2 Å². The predicted molar refractivity (Wildman–Crippen MR) is 431 cm³/mol. The highest BCUT2D eigenvalue weighted by Crippen LogP contribution is 2.30. The molecule has 18 N–H and O–H groups in total. The zero-order valence-corrected chi connectivity index (χ0v) is 60.9. The van der Waals surface area contributed by atoms with Crippen LogP contribution in [0.3, 0.4) is 0 Å². The minimum Gasteiger partial charge on any atom is -0.399 e. The van der Waals surface area contributed by atoms with Gasteiger partial charge in [-0.1, -0.05) is 40.5 Å². The van der Waals surface area contributed by atoms with E-state index >= 15 is 9.59 Å². The van der Waals surface area contributed by atoms with E-state index in [4.69, 9.17) is 28.7 Å². The summed E-state index contributed by atoms with van der Waals surface area (Å²) in [6, 6.07) is 51.8. The molecule has 0 aliphatic carbocycles. The second-order valence-electron chi connectivity index (χ2n) is 27.4. The molecule has 0 saturated carbocycles. The lowest BCUT2D eigenvalue weighted by atomic mass is 9.98.